The van der Waals surface area contributed by atoms with Crippen molar-refractivity contribution in [1.29, 1.82) is 0 Å². The summed E-state index contributed by atoms with van der Waals surface area (Å²) in [6.07, 6.45) is 3.28. The quantitative estimate of drug-likeness (QED) is 0.677. The molecule has 20 heavy (non-hydrogen) atoms. The Morgan fingerprint density at radius 2 is 2.05 bits per heavy atom. The first-order valence-corrected chi connectivity index (χ1v) is 7.37. The van der Waals surface area contributed by atoms with Crippen molar-refractivity contribution in [2.75, 3.05) is 26.7 Å². The van der Waals surface area contributed by atoms with E-state index in [2.05, 4.69) is 22.9 Å². The van der Waals surface area contributed by atoms with Gasteiger partial charge in [0, 0.05) is 19.6 Å². The van der Waals surface area contributed by atoms with E-state index in [1.54, 1.807) is 7.11 Å². The molecule has 0 aromatic heterocycles. The van der Waals surface area contributed by atoms with Crippen LogP contribution in [0.2, 0.25) is 0 Å². The van der Waals surface area contributed by atoms with Crippen LogP contribution in [-0.4, -0.2) is 37.6 Å². The van der Waals surface area contributed by atoms with E-state index < -0.39 is 0 Å². The summed E-state index contributed by atoms with van der Waals surface area (Å²) in [4.78, 5) is 6.71. The lowest BCUT2D eigenvalue weighted by Crippen LogP contribution is -2.42. The minimum absolute atomic E-state index is 0.687. The van der Waals surface area contributed by atoms with Crippen molar-refractivity contribution in [2.45, 2.75) is 26.2 Å². The van der Waals surface area contributed by atoms with Gasteiger partial charge in [-0.05, 0) is 36.8 Å². The number of nitrogens with two attached hydrogens (primary N) is 1. The number of benzene rings is 1. The molecule has 0 bridgehead atoms. The minimum Gasteiger partial charge on any atom is -0.496 e. The highest BCUT2D eigenvalue weighted by Crippen LogP contribution is 2.18. The van der Waals surface area contributed by atoms with Gasteiger partial charge in [0.25, 0.3) is 0 Å². The van der Waals surface area contributed by atoms with Gasteiger partial charge in [-0.25, -0.2) is 0 Å². The fraction of sp³-hybridized carbons (Fsp3) is 0.562. The van der Waals surface area contributed by atoms with Crippen molar-refractivity contribution in [1.82, 2.24) is 4.90 Å². The molecule has 1 saturated heterocycles. The smallest absolute Gasteiger partial charge is 0.191 e. The number of hydrogen-bond acceptors (Lipinski definition) is 2. The van der Waals surface area contributed by atoms with Crippen molar-refractivity contribution in [3.8, 4) is 5.75 Å². The van der Waals surface area contributed by atoms with Crippen LogP contribution in [0.4, 0.5) is 0 Å². The van der Waals surface area contributed by atoms with Crippen LogP contribution in [0.3, 0.4) is 0 Å². The Morgan fingerprint density at radius 3 is 2.75 bits per heavy atom. The van der Waals surface area contributed by atoms with Crippen LogP contribution in [0.1, 0.15) is 25.3 Å². The predicted octanol–water partition coefficient (Wildman–Crippen LogP) is 2.28. The molecule has 1 aliphatic rings. The maximum Gasteiger partial charge on any atom is 0.191 e. The summed E-state index contributed by atoms with van der Waals surface area (Å²) in [5.41, 5.74) is 7.25. The Bertz CT molecular complexity index is 451. The Kier molecular flexibility index (Phi) is 5.27. The second kappa shape index (κ2) is 7.17. The van der Waals surface area contributed by atoms with Crippen LogP contribution in [0.15, 0.2) is 29.3 Å². The molecule has 2 N–H and O–H groups in total. The molecule has 1 fully saturated rings. The summed E-state index contributed by atoms with van der Waals surface area (Å²) < 4.78 is 5.34. The Balaban J connectivity index is 1.86. The van der Waals surface area contributed by atoms with E-state index in [9.17, 15) is 0 Å². The molecule has 0 radical (unpaired) electrons. The fourth-order valence-electron chi connectivity index (χ4n) is 2.54. The van der Waals surface area contributed by atoms with Crippen molar-refractivity contribution in [3.05, 3.63) is 29.8 Å². The Labute approximate surface area is 121 Å². The first-order chi connectivity index (χ1) is 9.70. The van der Waals surface area contributed by atoms with Gasteiger partial charge in [-0.1, -0.05) is 25.1 Å². The van der Waals surface area contributed by atoms with Crippen molar-refractivity contribution >= 4 is 5.96 Å². The van der Waals surface area contributed by atoms with Crippen molar-refractivity contribution in [2.24, 2.45) is 16.6 Å². The highest BCUT2D eigenvalue weighted by Gasteiger charge is 2.16. The van der Waals surface area contributed by atoms with Crippen LogP contribution in [-0.2, 0) is 6.42 Å². The maximum absolute atomic E-state index is 6.07. The molecule has 1 aliphatic heterocycles. The molecular formula is C16H25N3O. The monoisotopic (exact) mass is 275 g/mol. The molecule has 1 aromatic rings. The Hall–Kier alpha value is -1.71. The molecule has 4 nitrogen and oxygen atoms in total. The SMILES string of the molecule is COc1ccccc1CCN=C(N)N1CCC(C)CC1. The molecule has 0 spiro atoms. The average molecular weight is 275 g/mol. The van der Waals surface area contributed by atoms with Gasteiger partial charge in [0.15, 0.2) is 5.96 Å². The number of nitrogens with zero attached hydrogens (tertiary/aromatic N) is 2. The summed E-state index contributed by atoms with van der Waals surface area (Å²) in [5, 5.41) is 0. The summed E-state index contributed by atoms with van der Waals surface area (Å²) in [6, 6.07) is 8.06. The van der Waals surface area contributed by atoms with E-state index in [0.717, 1.165) is 31.2 Å². The zero-order valence-corrected chi connectivity index (χ0v) is 12.5. The largest absolute Gasteiger partial charge is 0.496 e. The third kappa shape index (κ3) is 3.89. The normalized spacial score (nSPS) is 17.3. The van der Waals surface area contributed by atoms with Crippen molar-refractivity contribution in [3.63, 3.8) is 0 Å². The number of piperidine rings is 1. The summed E-state index contributed by atoms with van der Waals surface area (Å²) >= 11 is 0. The lowest BCUT2D eigenvalue weighted by molar-refractivity contribution is 0.277. The average Bonchev–Trinajstić information content (AvgIpc) is 2.48. The molecule has 0 unspecified atom stereocenters. The molecule has 1 aromatic carbocycles. The molecule has 110 valence electrons. The summed E-state index contributed by atoms with van der Waals surface area (Å²) in [7, 11) is 1.70. The van der Waals surface area contributed by atoms with Gasteiger partial charge in [0.05, 0.1) is 7.11 Å². The standard InChI is InChI=1S/C16H25N3O/c1-13-8-11-19(12-9-13)16(17)18-10-7-14-5-3-4-6-15(14)20-2/h3-6,13H,7-12H2,1-2H3,(H2,17,18). The summed E-state index contributed by atoms with van der Waals surface area (Å²) in [5.74, 6) is 2.42. The van der Waals surface area contributed by atoms with E-state index in [1.165, 1.54) is 18.4 Å². The second-order valence-corrected chi connectivity index (χ2v) is 5.47. The molecule has 2 rings (SSSR count). The van der Waals surface area contributed by atoms with Crippen LogP contribution in [0, 0.1) is 5.92 Å². The van der Waals surface area contributed by atoms with Crippen LogP contribution >= 0.6 is 0 Å². The van der Waals surface area contributed by atoms with E-state index in [1.807, 2.05) is 18.2 Å². The predicted molar refractivity (Wildman–Crippen MR) is 83.2 cm³/mol. The fourth-order valence-corrected chi connectivity index (χ4v) is 2.54. The molecule has 0 atom stereocenters. The molecule has 0 aliphatic carbocycles. The van der Waals surface area contributed by atoms with Gasteiger partial charge in [-0.2, -0.15) is 0 Å². The molecule has 0 amide bonds. The number of aliphatic imine (C=N–C) groups is 1. The number of ether oxygens (including phenoxy) is 1. The Morgan fingerprint density at radius 1 is 1.35 bits per heavy atom. The lowest BCUT2D eigenvalue weighted by Gasteiger charge is -2.31. The van der Waals surface area contributed by atoms with Crippen LogP contribution < -0.4 is 10.5 Å². The second-order valence-electron chi connectivity index (χ2n) is 5.47. The van der Waals surface area contributed by atoms with E-state index >= 15 is 0 Å². The van der Waals surface area contributed by atoms with E-state index in [-0.39, 0.29) is 0 Å². The molecular weight excluding hydrogens is 250 g/mol. The number of hydrogen-bond donors (Lipinski definition) is 1. The molecule has 0 saturated carbocycles. The highest BCUT2D eigenvalue weighted by molar-refractivity contribution is 5.78. The van der Waals surface area contributed by atoms with Gasteiger partial charge in [-0.15, -0.1) is 0 Å². The molecule has 4 heteroatoms. The van der Waals surface area contributed by atoms with Gasteiger partial charge in [0.2, 0.25) is 0 Å². The molecule has 1 heterocycles. The lowest BCUT2D eigenvalue weighted by atomic mass is 10.00. The number of para-hydroxylation sites is 1. The van der Waals surface area contributed by atoms with E-state index in [4.69, 9.17) is 10.5 Å². The number of methoxy groups -OCH3 is 1. The third-order valence-corrected chi connectivity index (χ3v) is 3.96. The third-order valence-electron chi connectivity index (χ3n) is 3.96. The minimum atomic E-state index is 0.687. The van der Waals surface area contributed by atoms with Gasteiger partial charge >= 0.3 is 0 Å². The topological polar surface area (TPSA) is 50.9 Å². The van der Waals surface area contributed by atoms with Gasteiger partial charge < -0.3 is 15.4 Å². The number of guanidine groups is 1. The zero-order chi connectivity index (χ0) is 14.4. The maximum atomic E-state index is 6.07. The van der Waals surface area contributed by atoms with Crippen molar-refractivity contribution < 1.29 is 4.74 Å². The van der Waals surface area contributed by atoms with Gasteiger partial charge in [-0.3, -0.25) is 4.99 Å². The highest BCUT2D eigenvalue weighted by atomic mass is 16.5. The zero-order valence-electron chi connectivity index (χ0n) is 12.5. The number of likely N-dealkylation sites (tertiary alicyclic amines) is 1. The van der Waals surface area contributed by atoms with Crippen LogP contribution in [0.25, 0.3) is 0 Å². The first-order valence-electron chi connectivity index (χ1n) is 7.37. The van der Waals surface area contributed by atoms with Gasteiger partial charge in [0.1, 0.15) is 5.75 Å². The number of rotatable bonds is 4. The first kappa shape index (κ1) is 14.7. The summed E-state index contributed by atoms with van der Waals surface area (Å²) in [6.45, 7) is 5.07. The van der Waals surface area contributed by atoms with Crippen LogP contribution in [0.5, 0.6) is 5.75 Å². The van der Waals surface area contributed by atoms with E-state index in [0.29, 0.717) is 12.5 Å².